The third-order valence-electron chi connectivity index (χ3n) is 3.26. The van der Waals surface area contributed by atoms with Crippen molar-refractivity contribution in [3.8, 4) is 0 Å². The second-order valence-electron chi connectivity index (χ2n) is 4.39. The predicted molar refractivity (Wildman–Crippen MR) is 57.3 cm³/mol. The van der Waals surface area contributed by atoms with E-state index in [1.807, 2.05) is 0 Å². The first-order valence-electron chi connectivity index (χ1n) is 5.24. The largest absolute Gasteiger partial charge is 0.300 e. The average Bonchev–Trinajstić information content (AvgIpc) is 2.05. The van der Waals surface area contributed by atoms with Crippen molar-refractivity contribution in [1.29, 1.82) is 0 Å². The summed E-state index contributed by atoms with van der Waals surface area (Å²) in [5.74, 6) is 1.32. The van der Waals surface area contributed by atoms with Gasteiger partial charge in [0.1, 0.15) is 5.78 Å². The molecule has 1 nitrogen and oxygen atoms in total. The summed E-state index contributed by atoms with van der Waals surface area (Å²) in [5, 5.41) is 0. The molecule has 1 heteroatoms. The van der Waals surface area contributed by atoms with Gasteiger partial charge in [-0.15, -0.1) is 0 Å². The fraction of sp³-hybridized carbons (Fsp3) is 0.462. The number of rotatable bonds is 2. The van der Waals surface area contributed by atoms with Crippen LogP contribution in [0.4, 0.5) is 0 Å². The van der Waals surface area contributed by atoms with Crippen LogP contribution in [0.2, 0.25) is 0 Å². The van der Waals surface area contributed by atoms with Crippen molar-refractivity contribution in [1.82, 2.24) is 0 Å². The van der Waals surface area contributed by atoms with E-state index in [-0.39, 0.29) is 0 Å². The lowest BCUT2D eigenvalue weighted by Gasteiger charge is -2.33. The summed E-state index contributed by atoms with van der Waals surface area (Å²) in [6, 6.07) is 8.68. The standard InChI is InChI=1S/C13H16O/c1-9-3-5-11(6-4-9)13-7-12(8-13)10(2)14/h3-6,12-13H,7-8H2,1-2H3. The van der Waals surface area contributed by atoms with Crippen LogP contribution in [-0.4, -0.2) is 5.78 Å². The highest BCUT2D eigenvalue weighted by Crippen LogP contribution is 2.41. The van der Waals surface area contributed by atoms with E-state index in [9.17, 15) is 4.79 Å². The Bertz CT molecular complexity index is 331. The average molecular weight is 188 g/mol. The molecule has 1 saturated carbocycles. The van der Waals surface area contributed by atoms with E-state index in [2.05, 4.69) is 31.2 Å². The van der Waals surface area contributed by atoms with Crippen LogP contribution in [0.15, 0.2) is 24.3 Å². The Morgan fingerprint density at radius 1 is 1.21 bits per heavy atom. The normalized spacial score (nSPS) is 25.6. The van der Waals surface area contributed by atoms with E-state index in [0.29, 0.717) is 17.6 Å². The number of ketones is 1. The highest BCUT2D eigenvalue weighted by molar-refractivity contribution is 5.79. The van der Waals surface area contributed by atoms with Crippen LogP contribution in [0, 0.1) is 12.8 Å². The Hall–Kier alpha value is -1.11. The van der Waals surface area contributed by atoms with Crippen LogP contribution in [0.5, 0.6) is 0 Å². The molecule has 0 aromatic heterocycles. The molecule has 0 spiro atoms. The molecule has 0 atom stereocenters. The Morgan fingerprint density at radius 3 is 2.29 bits per heavy atom. The molecule has 1 aromatic carbocycles. The molecule has 14 heavy (non-hydrogen) atoms. The van der Waals surface area contributed by atoms with Gasteiger partial charge in [-0.25, -0.2) is 0 Å². The molecular weight excluding hydrogens is 172 g/mol. The molecule has 0 aliphatic heterocycles. The molecule has 0 bridgehead atoms. The van der Waals surface area contributed by atoms with Gasteiger partial charge in [0.15, 0.2) is 0 Å². The molecule has 0 saturated heterocycles. The molecule has 2 rings (SSSR count). The van der Waals surface area contributed by atoms with Crippen molar-refractivity contribution < 1.29 is 4.79 Å². The molecule has 74 valence electrons. The smallest absolute Gasteiger partial charge is 0.132 e. The van der Waals surface area contributed by atoms with Crippen LogP contribution in [0.25, 0.3) is 0 Å². The zero-order valence-corrected chi connectivity index (χ0v) is 8.79. The molecule has 0 unspecified atom stereocenters. The van der Waals surface area contributed by atoms with Gasteiger partial charge in [0.05, 0.1) is 0 Å². The van der Waals surface area contributed by atoms with Gasteiger partial charge in [-0.05, 0) is 38.2 Å². The maximum Gasteiger partial charge on any atom is 0.132 e. The van der Waals surface area contributed by atoms with Crippen molar-refractivity contribution in [2.75, 3.05) is 0 Å². The Morgan fingerprint density at radius 2 is 1.79 bits per heavy atom. The number of hydrogen-bond acceptors (Lipinski definition) is 1. The SMILES string of the molecule is CC(=O)C1CC(c2ccc(C)cc2)C1. The zero-order valence-electron chi connectivity index (χ0n) is 8.79. The summed E-state index contributed by atoms with van der Waals surface area (Å²) < 4.78 is 0. The van der Waals surface area contributed by atoms with E-state index >= 15 is 0 Å². The summed E-state index contributed by atoms with van der Waals surface area (Å²) >= 11 is 0. The van der Waals surface area contributed by atoms with E-state index in [0.717, 1.165) is 12.8 Å². The topological polar surface area (TPSA) is 17.1 Å². The minimum absolute atomic E-state index is 0.335. The molecule has 0 amide bonds. The summed E-state index contributed by atoms with van der Waals surface area (Å²) in [4.78, 5) is 11.1. The molecule has 1 aliphatic carbocycles. The molecule has 1 aromatic rings. The van der Waals surface area contributed by atoms with Crippen LogP contribution in [0.3, 0.4) is 0 Å². The van der Waals surface area contributed by atoms with Crippen LogP contribution in [-0.2, 0) is 4.79 Å². The zero-order chi connectivity index (χ0) is 10.1. The van der Waals surface area contributed by atoms with Crippen LogP contribution >= 0.6 is 0 Å². The Balaban J connectivity index is 2.00. The van der Waals surface area contributed by atoms with Gasteiger partial charge in [0.25, 0.3) is 0 Å². The van der Waals surface area contributed by atoms with Gasteiger partial charge in [0, 0.05) is 5.92 Å². The van der Waals surface area contributed by atoms with Gasteiger partial charge >= 0.3 is 0 Å². The first-order chi connectivity index (χ1) is 6.66. The lowest BCUT2D eigenvalue weighted by molar-refractivity contribution is -0.123. The second kappa shape index (κ2) is 3.56. The first kappa shape index (κ1) is 9.45. The summed E-state index contributed by atoms with van der Waals surface area (Å²) in [6.45, 7) is 3.80. The van der Waals surface area contributed by atoms with E-state index in [1.165, 1.54) is 11.1 Å². The number of benzene rings is 1. The van der Waals surface area contributed by atoms with Crippen molar-refractivity contribution in [3.05, 3.63) is 35.4 Å². The molecule has 0 radical (unpaired) electrons. The summed E-state index contributed by atoms with van der Waals surface area (Å²) in [7, 11) is 0. The van der Waals surface area contributed by atoms with E-state index < -0.39 is 0 Å². The number of aryl methyl sites for hydroxylation is 1. The molecule has 1 fully saturated rings. The highest BCUT2D eigenvalue weighted by Gasteiger charge is 2.32. The molecule has 0 heterocycles. The maximum absolute atomic E-state index is 11.1. The lowest BCUT2D eigenvalue weighted by atomic mass is 9.70. The second-order valence-corrected chi connectivity index (χ2v) is 4.39. The van der Waals surface area contributed by atoms with Crippen molar-refractivity contribution in [3.63, 3.8) is 0 Å². The van der Waals surface area contributed by atoms with Crippen molar-refractivity contribution >= 4 is 5.78 Å². The van der Waals surface area contributed by atoms with Gasteiger partial charge in [-0.3, -0.25) is 4.79 Å². The van der Waals surface area contributed by atoms with Crippen LogP contribution in [0.1, 0.15) is 36.8 Å². The van der Waals surface area contributed by atoms with Gasteiger partial charge < -0.3 is 0 Å². The van der Waals surface area contributed by atoms with E-state index in [4.69, 9.17) is 0 Å². The number of hydrogen-bond donors (Lipinski definition) is 0. The third kappa shape index (κ3) is 1.72. The Kier molecular flexibility index (Phi) is 2.40. The van der Waals surface area contributed by atoms with Crippen LogP contribution < -0.4 is 0 Å². The fourth-order valence-corrected chi connectivity index (χ4v) is 2.06. The third-order valence-corrected chi connectivity index (χ3v) is 3.26. The summed E-state index contributed by atoms with van der Waals surface area (Å²) in [6.07, 6.45) is 2.11. The lowest BCUT2D eigenvalue weighted by Crippen LogP contribution is -2.27. The highest BCUT2D eigenvalue weighted by atomic mass is 16.1. The monoisotopic (exact) mass is 188 g/mol. The molecular formula is C13H16O. The molecule has 1 aliphatic rings. The maximum atomic E-state index is 11.1. The summed E-state index contributed by atoms with van der Waals surface area (Å²) in [5.41, 5.74) is 2.70. The van der Waals surface area contributed by atoms with E-state index in [1.54, 1.807) is 6.92 Å². The van der Waals surface area contributed by atoms with Crippen molar-refractivity contribution in [2.24, 2.45) is 5.92 Å². The quantitative estimate of drug-likeness (QED) is 0.697. The predicted octanol–water partition coefficient (Wildman–Crippen LogP) is 3.08. The van der Waals surface area contributed by atoms with Gasteiger partial charge in [-0.2, -0.15) is 0 Å². The first-order valence-corrected chi connectivity index (χ1v) is 5.24. The number of carbonyl (C=O) groups excluding carboxylic acids is 1. The van der Waals surface area contributed by atoms with Gasteiger partial charge in [-0.1, -0.05) is 29.8 Å². The minimum Gasteiger partial charge on any atom is -0.300 e. The minimum atomic E-state index is 0.335. The number of Topliss-reactive ketones (excluding diaryl/α,β-unsaturated/α-hetero) is 1. The Labute approximate surface area is 85.1 Å². The number of carbonyl (C=O) groups is 1. The van der Waals surface area contributed by atoms with Crippen molar-refractivity contribution in [2.45, 2.75) is 32.6 Å². The molecule has 0 N–H and O–H groups in total. The van der Waals surface area contributed by atoms with Gasteiger partial charge in [0.2, 0.25) is 0 Å². The fourth-order valence-electron chi connectivity index (χ4n) is 2.06.